The number of unbranched alkanes of at least 4 members (excludes halogenated alkanes) is 1. The van der Waals surface area contributed by atoms with E-state index in [0.29, 0.717) is 6.04 Å². The van der Waals surface area contributed by atoms with Crippen LogP contribution < -0.4 is 5.32 Å². The van der Waals surface area contributed by atoms with E-state index in [0.717, 1.165) is 18.8 Å². The van der Waals surface area contributed by atoms with E-state index in [1.54, 1.807) is 18.4 Å². The monoisotopic (exact) mass is 228 g/mol. The van der Waals surface area contributed by atoms with Crippen LogP contribution in [0.4, 0.5) is 0 Å². The molecule has 1 heterocycles. The zero-order chi connectivity index (χ0) is 10.9. The van der Waals surface area contributed by atoms with Crippen molar-refractivity contribution in [3.8, 4) is 0 Å². The third-order valence-electron chi connectivity index (χ3n) is 2.33. The van der Waals surface area contributed by atoms with Crippen LogP contribution in [0.25, 0.3) is 0 Å². The lowest BCUT2D eigenvalue weighted by molar-refractivity contribution is 0.160. The second-order valence-electron chi connectivity index (χ2n) is 3.66. The van der Waals surface area contributed by atoms with Crippen molar-refractivity contribution in [2.75, 3.05) is 13.7 Å². The average Bonchev–Trinajstić information content (AvgIpc) is 2.75. The van der Waals surface area contributed by atoms with Gasteiger partial charge in [-0.15, -0.1) is 11.3 Å². The average molecular weight is 228 g/mol. The normalized spacial score (nSPS) is 12.9. The molecule has 1 aromatic heterocycles. The third-order valence-corrected chi connectivity index (χ3v) is 2.96. The van der Waals surface area contributed by atoms with E-state index >= 15 is 0 Å². The molecule has 0 fully saturated rings. The Balaban J connectivity index is 2.24. The van der Waals surface area contributed by atoms with E-state index in [1.807, 2.05) is 5.51 Å². The summed E-state index contributed by atoms with van der Waals surface area (Å²) in [6.45, 7) is 3.84. The first kappa shape index (κ1) is 12.6. The van der Waals surface area contributed by atoms with Gasteiger partial charge in [0.05, 0.1) is 17.8 Å². The lowest BCUT2D eigenvalue weighted by Crippen LogP contribution is -2.32. The molecule has 0 aliphatic carbocycles. The van der Waals surface area contributed by atoms with E-state index in [9.17, 15) is 0 Å². The molecule has 0 aliphatic heterocycles. The molecule has 1 unspecified atom stereocenters. The number of aromatic nitrogens is 1. The van der Waals surface area contributed by atoms with Gasteiger partial charge in [0.15, 0.2) is 0 Å². The molecule has 1 N–H and O–H groups in total. The Hall–Kier alpha value is -0.450. The number of methoxy groups -OCH3 is 1. The number of hydrogen-bond donors (Lipinski definition) is 1. The maximum Gasteiger partial charge on any atom is 0.0795 e. The highest BCUT2D eigenvalue weighted by molar-refractivity contribution is 7.07. The number of rotatable bonds is 8. The zero-order valence-electron chi connectivity index (χ0n) is 9.53. The summed E-state index contributed by atoms with van der Waals surface area (Å²) in [4.78, 5) is 4.24. The first-order chi connectivity index (χ1) is 7.36. The van der Waals surface area contributed by atoms with Gasteiger partial charge in [-0.25, -0.2) is 4.98 Å². The topological polar surface area (TPSA) is 34.1 Å². The van der Waals surface area contributed by atoms with Crippen LogP contribution in [0.3, 0.4) is 0 Å². The second kappa shape index (κ2) is 7.79. The largest absolute Gasteiger partial charge is 0.383 e. The molecule has 1 aromatic rings. The molecule has 4 heteroatoms. The van der Waals surface area contributed by atoms with E-state index in [4.69, 9.17) is 4.74 Å². The lowest BCUT2D eigenvalue weighted by Gasteiger charge is -2.16. The molecule has 0 aromatic carbocycles. The highest BCUT2D eigenvalue weighted by atomic mass is 32.1. The summed E-state index contributed by atoms with van der Waals surface area (Å²) < 4.78 is 5.19. The maximum atomic E-state index is 5.19. The van der Waals surface area contributed by atoms with Crippen LogP contribution in [0, 0.1) is 0 Å². The van der Waals surface area contributed by atoms with Gasteiger partial charge in [0.1, 0.15) is 0 Å². The van der Waals surface area contributed by atoms with Gasteiger partial charge >= 0.3 is 0 Å². The van der Waals surface area contributed by atoms with Crippen molar-refractivity contribution >= 4 is 11.3 Å². The van der Waals surface area contributed by atoms with Crippen LogP contribution in [0.15, 0.2) is 10.9 Å². The van der Waals surface area contributed by atoms with Crippen molar-refractivity contribution in [3.63, 3.8) is 0 Å². The van der Waals surface area contributed by atoms with E-state index < -0.39 is 0 Å². The van der Waals surface area contributed by atoms with Crippen LogP contribution in [0.5, 0.6) is 0 Å². The SMILES string of the molecule is CCCCC(COC)NCc1cscn1. The number of ether oxygens (including phenoxy) is 1. The molecule has 3 nitrogen and oxygen atoms in total. The summed E-state index contributed by atoms with van der Waals surface area (Å²) >= 11 is 1.64. The second-order valence-corrected chi connectivity index (χ2v) is 4.37. The summed E-state index contributed by atoms with van der Waals surface area (Å²) in [7, 11) is 1.75. The molecule has 1 atom stereocenters. The summed E-state index contributed by atoms with van der Waals surface area (Å²) in [5.74, 6) is 0. The number of nitrogens with one attached hydrogen (secondary N) is 1. The molecular formula is C11H20N2OS. The van der Waals surface area contributed by atoms with Gasteiger partial charge < -0.3 is 10.1 Å². The Labute approximate surface area is 95.9 Å². The third kappa shape index (κ3) is 5.25. The van der Waals surface area contributed by atoms with Crippen LogP contribution in [-0.4, -0.2) is 24.7 Å². The van der Waals surface area contributed by atoms with Crippen molar-refractivity contribution in [2.45, 2.75) is 38.8 Å². The van der Waals surface area contributed by atoms with Gasteiger partial charge in [0.25, 0.3) is 0 Å². The molecular weight excluding hydrogens is 208 g/mol. The molecule has 0 radical (unpaired) electrons. The molecule has 86 valence electrons. The van der Waals surface area contributed by atoms with Crippen molar-refractivity contribution in [1.82, 2.24) is 10.3 Å². The highest BCUT2D eigenvalue weighted by Gasteiger charge is 2.07. The van der Waals surface area contributed by atoms with E-state index in [-0.39, 0.29) is 0 Å². The molecule has 0 saturated heterocycles. The van der Waals surface area contributed by atoms with Crippen molar-refractivity contribution < 1.29 is 4.74 Å². The summed E-state index contributed by atoms with van der Waals surface area (Å²) in [6, 6.07) is 0.455. The number of nitrogens with zero attached hydrogens (tertiary/aromatic N) is 1. The van der Waals surface area contributed by atoms with Crippen LogP contribution in [0.2, 0.25) is 0 Å². The minimum atomic E-state index is 0.455. The van der Waals surface area contributed by atoms with E-state index in [2.05, 4.69) is 22.6 Å². The molecule has 0 saturated carbocycles. The van der Waals surface area contributed by atoms with Crippen molar-refractivity contribution in [2.24, 2.45) is 0 Å². The summed E-state index contributed by atoms with van der Waals surface area (Å²) in [5.41, 5.74) is 2.99. The molecule has 15 heavy (non-hydrogen) atoms. The van der Waals surface area contributed by atoms with E-state index in [1.165, 1.54) is 19.3 Å². The lowest BCUT2D eigenvalue weighted by atomic mass is 10.1. The number of hydrogen-bond acceptors (Lipinski definition) is 4. The highest BCUT2D eigenvalue weighted by Crippen LogP contribution is 2.04. The van der Waals surface area contributed by atoms with Crippen LogP contribution in [0.1, 0.15) is 31.9 Å². The quantitative estimate of drug-likeness (QED) is 0.742. The van der Waals surface area contributed by atoms with Gasteiger partial charge in [-0.2, -0.15) is 0 Å². The predicted molar refractivity (Wildman–Crippen MR) is 64.1 cm³/mol. The Morgan fingerprint density at radius 3 is 3.07 bits per heavy atom. The Morgan fingerprint density at radius 2 is 2.47 bits per heavy atom. The van der Waals surface area contributed by atoms with Crippen LogP contribution >= 0.6 is 11.3 Å². The van der Waals surface area contributed by atoms with Gasteiger partial charge in [-0.05, 0) is 6.42 Å². The minimum absolute atomic E-state index is 0.455. The standard InChI is InChI=1S/C11H20N2OS/c1-3-4-5-10(7-14-2)12-6-11-8-15-9-13-11/h8-10,12H,3-7H2,1-2H3. The van der Waals surface area contributed by atoms with Gasteiger partial charge in [0.2, 0.25) is 0 Å². The molecule has 0 spiro atoms. The fraction of sp³-hybridized carbons (Fsp3) is 0.727. The fourth-order valence-electron chi connectivity index (χ4n) is 1.47. The molecule has 0 bridgehead atoms. The Bertz CT molecular complexity index is 239. The Kier molecular flexibility index (Phi) is 6.55. The van der Waals surface area contributed by atoms with Gasteiger partial charge in [-0.1, -0.05) is 19.8 Å². The molecule has 0 amide bonds. The zero-order valence-corrected chi connectivity index (χ0v) is 10.3. The summed E-state index contributed by atoms with van der Waals surface area (Å²) in [6.07, 6.45) is 3.66. The van der Waals surface area contributed by atoms with Crippen molar-refractivity contribution in [3.05, 3.63) is 16.6 Å². The van der Waals surface area contributed by atoms with Gasteiger partial charge in [-0.3, -0.25) is 0 Å². The fourth-order valence-corrected chi connectivity index (χ4v) is 2.03. The summed E-state index contributed by atoms with van der Waals surface area (Å²) in [5, 5.41) is 5.56. The Morgan fingerprint density at radius 1 is 1.60 bits per heavy atom. The number of thiazole rings is 1. The molecule has 0 aliphatic rings. The minimum Gasteiger partial charge on any atom is -0.383 e. The van der Waals surface area contributed by atoms with Crippen molar-refractivity contribution in [1.29, 1.82) is 0 Å². The predicted octanol–water partition coefficient (Wildman–Crippen LogP) is 2.44. The van der Waals surface area contributed by atoms with Crippen LogP contribution in [-0.2, 0) is 11.3 Å². The maximum absolute atomic E-state index is 5.19. The first-order valence-electron chi connectivity index (χ1n) is 5.46. The smallest absolute Gasteiger partial charge is 0.0795 e. The molecule has 1 rings (SSSR count). The van der Waals surface area contributed by atoms with Gasteiger partial charge in [0, 0.05) is 25.1 Å². The first-order valence-corrected chi connectivity index (χ1v) is 6.40.